The molecule has 2 amide bonds. The second-order valence-electron chi connectivity index (χ2n) is 7.21. The zero-order valence-electron chi connectivity index (χ0n) is 17.6. The summed E-state index contributed by atoms with van der Waals surface area (Å²) in [7, 11) is 0. The molecule has 1 saturated heterocycles. The normalized spacial score (nSPS) is 13.9. The molecule has 0 spiro atoms. The molecule has 0 N–H and O–H groups in total. The fraction of sp³-hybridized carbons (Fsp3) is 0.391. The van der Waals surface area contributed by atoms with Crippen LogP contribution in [0.3, 0.4) is 0 Å². The van der Waals surface area contributed by atoms with Gasteiger partial charge >= 0.3 is 0 Å². The molecule has 30 heavy (non-hydrogen) atoms. The number of likely N-dealkylation sites (tertiary alicyclic amines) is 1. The zero-order chi connectivity index (χ0) is 21.7. The van der Waals surface area contributed by atoms with E-state index in [1.54, 1.807) is 15.2 Å². The minimum absolute atomic E-state index is 0.0753. The van der Waals surface area contributed by atoms with Gasteiger partial charge in [0.15, 0.2) is 5.13 Å². The first-order chi connectivity index (χ1) is 14.5. The van der Waals surface area contributed by atoms with Crippen molar-refractivity contribution in [1.82, 2.24) is 9.88 Å². The van der Waals surface area contributed by atoms with Crippen molar-refractivity contribution >= 4 is 40.0 Å². The van der Waals surface area contributed by atoms with Crippen LogP contribution in [0.5, 0.6) is 0 Å². The van der Waals surface area contributed by atoms with Crippen molar-refractivity contribution in [3.8, 4) is 6.07 Å². The first-order valence-corrected chi connectivity index (χ1v) is 11.2. The maximum absolute atomic E-state index is 12.6. The van der Waals surface area contributed by atoms with Crippen LogP contribution in [0.15, 0.2) is 29.2 Å². The van der Waals surface area contributed by atoms with Crippen LogP contribution in [0.2, 0.25) is 0 Å². The Balaban J connectivity index is 1.98. The number of para-hydroxylation sites is 1. The summed E-state index contributed by atoms with van der Waals surface area (Å²) in [4.78, 5) is 33.1. The van der Waals surface area contributed by atoms with Gasteiger partial charge in [-0.15, -0.1) is 11.3 Å². The van der Waals surface area contributed by atoms with Gasteiger partial charge in [-0.25, -0.2) is 4.98 Å². The van der Waals surface area contributed by atoms with Crippen LogP contribution in [-0.2, 0) is 22.4 Å². The summed E-state index contributed by atoms with van der Waals surface area (Å²) in [5.74, 6) is -0.373. The number of hydrogen-bond donors (Lipinski definition) is 0. The van der Waals surface area contributed by atoms with Gasteiger partial charge in [-0.05, 0) is 42.9 Å². The number of carbonyl (C=O) groups is 2. The molecule has 2 heterocycles. The van der Waals surface area contributed by atoms with Crippen molar-refractivity contribution in [2.75, 3.05) is 18.0 Å². The fourth-order valence-electron chi connectivity index (χ4n) is 3.72. The molecule has 1 aliphatic rings. The summed E-state index contributed by atoms with van der Waals surface area (Å²) in [5.41, 5.74) is 3.63. The monoisotopic (exact) mass is 422 g/mol. The Kier molecular flexibility index (Phi) is 7.01. The second-order valence-corrected chi connectivity index (χ2v) is 8.05. The minimum Gasteiger partial charge on any atom is -0.338 e. The molecular formula is C23H26N4O2S. The third kappa shape index (κ3) is 4.44. The summed E-state index contributed by atoms with van der Waals surface area (Å²) in [6, 6.07) is 8.08. The topological polar surface area (TPSA) is 77.3 Å². The molecule has 1 fully saturated rings. The summed E-state index contributed by atoms with van der Waals surface area (Å²) < 4.78 is 0. The average Bonchev–Trinajstić information content (AvgIpc) is 3.44. The highest BCUT2D eigenvalue weighted by atomic mass is 32.1. The predicted molar refractivity (Wildman–Crippen MR) is 120 cm³/mol. The molecule has 0 unspecified atom stereocenters. The molecule has 0 saturated carbocycles. The van der Waals surface area contributed by atoms with Gasteiger partial charge in [-0.2, -0.15) is 5.26 Å². The van der Waals surface area contributed by atoms with Gasteiger partial charge in [-0.3, -0.25) is 14.5 Å². The van der Waals surface area contributed by atoms with E-state index in [0.717, 1.165) is 42.5 Å². The predicted octanol–water partition coefficient (Wildman–Crippen LogP) is 4.48. The summed E-state index contributed by atoms with van der Waals surface area (Å²) >= 11 is 1.33. The highest BCUT2D eigenvalue weighted by molar-refractivity contribution is 7.14. The largest absolute Gasteiger partial charge is 0.338 e. The fourth-order valence-corrected chi connectivity index (χ4v) is 4.55. The molecule has 6 nitrogen and oxygen atoms in total. The Morgan fingerprint density at radius 1 is 1.23 bits per heavy atom. The van der Waals surface area contributed by atoms with Crippen molar-refractivity contribution in [2.45, 2.75) is 46.5 Å². The van der Waals surface area contributed by atoms with E-state index in [4.69, 9.17) is 0 Å². The first-order valence-electron chi connectivity index (χ1n) is 10.3. The summed E-state index contributed by atoms with van der Waals surface area (Å²) in [5, 5.41) is 11.8. The number of aromatic nitrogens is 1. The number of amides is 2. The van der Waals surface area contributed by atoms with E-state index in [0.29, 0.717) is 23.9 Å². The Hall–Kier alpha value is -2.98. The molecule has 1 aromatic carbocycles. The molecule has 156 valence electrons. The molecular weight excluding hydrogens is 396 g/mol. The van der Waals surface area contributed by atoms with Crippen LogP contribution < -0.4 is 4.90 Å². The lowest BCUT2D eigenvalue weighted by molar-refractivity contribution is -0.125. The molecule has 0 atom stereocenters. The summed E-state index contributed by atoms with van der Waals surface area (Å²) in [6.07, 6.45) is 5.05. The number of hydrogen-bond acceptors (Lipinski definition) is 5. The number of nitrogens with zero attached hydrogens (tertiary/aromatic N) is 4. The lowest BCUT2D eigenvalue weighted by Gasteiger charge is -2.24. The standard InChI is InChI=1S/C23H26N4O2S/c1-4-17-9-8-10-18(5-2)21(17)27(16(3)28)23-25-20(15-30-23)13-19(14-24)22(29)26-11-6-7-12-26/h8-10,13,15H,4-7,11-12H2,1-3H3/b19-13+. The van der Waals surface area contributed by atoms with Gasteiger partial charge in [0.2, 0.25) is 5.91 Å². The highest BCUT2D eigenvalue weighted by Crippen LogP contribution is 2.35. The van der Waals surface area contributed by atoms with Crippen LogP contribution in [0.4, 0.5) is 10.8 Å². The Morgan fingerprint density at radius 2 is 1.87 bits per heavy atom. The number of benzene rings is 1. The molecule has 3 rings (SSSR count). The minimum atomic E-state index is -0.252. The first kappa shape index (κ1) is 21.7. The second kappa shape index (κ2) is 9.68. The number of carbonyl (C=O) groups excluding carboxylic acids is 2. The van der Waals surface area contributed by atoms with Gasteiger partial charge < -0.3 is 4.90 Å². The van der Waals surface area contributed by atoms with E-state index in [1.165, 1.54) is 24.3 Å². The smallest absolute Gasteiger partial charge is 0.264 e. The van der Waals surface area contributed by atoms with Crippen LogP contribution in [0.25, 0.3) is 6.08 Å². The number of anilines is 2. The molecule has 0 bridgehead atoms. The Bertz CT molecular complexity index is 990. The van der Waals surface area contributed by atoms with Crippen LogP contribution >= 0.6 is 11.3 Å². The van der Waals surface area contributed by atoms with Gasteiger partial charge in [0.1, 0.15) is 11.6 Å². The molecule has 0 radical (unpaired) electrons. The van der Waals surface area contributed by atoms with E-state index in [2.05, 4.69) is 18.8 Å². The SMILES string of the molecule is CCc1cccc(CC)c1N(C(C)=O)c1nc(/C=C(\C#N)C(=O)N2CCCC2)cs1. The quantitative estimate of drug-likeness (QED) is 0.508. The number of aryl methyl sites for hydroxylation is 2. The number of rotatable bonds is 6. The van der Waals surface area contributed by atoms with Crippen LogP contribution in [0, 0.1) is 11.3 Å². The van der Waals surface area contributed by atoms with Crippen molar-refractivity contribution in [1.29, 1.82) is 5.26 Å². The van der Waals surface area contributed by atoms with Crippen molar-refractivity contribution < 1.29 is 9.59 Å². The number of nitriles is 1. The van der Waals surface area contributed by atoms with E-state index in [-0.39, 0.29) is 17.4 Å². The highest BCUT2D eigenvalue weighted by Gasteiger charge is 2.24. The zero-order valence-corrected chi connectivity index (χ0v) is 18.5. The molecule has 1 aliphatic heterocycles. The van der Waals surface area contributed by atoms with E-state index in [1.807, 2.05) is 24.3 Å². The molecule has 1 aromatic heterocycles. The Morgan fingerprint density at radius 3 is 2.40 bits per heavy atom. The molecule has 2 aromatic rings. The van der Waals surface area contributed by atoms with Crippen molar-refractivity contribution in [3.05, 3.63) is 46.0 Å². The van der Waals surface area contributed by atoms with Gasteiger partial charge in [0, 0.05) is 25.4 Å². The van der Waals surface area contributed by atoms with Crippen LogP contribution in [0.1, 0.15) is 50.4 Å². The van der Waals surface area contributed by atoms with E-state index >= 15 is 0 Å². The third-order valence-electron chi connectivity index (χ3n) is 5.24. The Labute approximate surface area is 181 Å². The maximum Gasteiger partial charge on any atom is 0.264 e. The van der Waals surface area contributed by atoms with E-state index in [9.17, 15) is 14.9 Å². The molecule has 7 heteroatoms. The van der Waals surface area contributed by atoms with Gasteiger partial charge in [-0.1, -0.05) is 32.0 Å². The van der Waals surface area contributed by atoms with Crippen LogP contribution in [-0.4, -0.2) is 34.8 Å². The van der Waals surface area contributed by atoms with Crippen molar-refractivity contribution in [3.63, 3.8) is 0 Å². The summed E-state index contributed by atoms with van der Waals surface area (Å²) in [6.45, 7) is 7.03. The number of thiazole rings is 1. The van der Waals surface area contributed by atoms with Gasteiger partial charge in [0.25, 0.3) is 5.91 Å². The lowest BCUT2D eigenvalue weighted by Crippen LogP contribution is -2.28. The maximum atomic E-state index is 12.6. The van der Waals surface area contributed by atoms with E-state index < -0.39 is 0 Å². The average molecular weight is 423 g/mol. The van der Waals surface area contributed by atoms with Gasteiger partial charge in [0.05, 0.1) is 11.4 Å². The van der Waals surface area contributed by atoms with Crippen molar-refractivity contribution in [2.24, 2.45) is 0 Å². The third-order valence-corrected chi connectivity index (χ3v) is 6.08. The molecule has 0 aliphatic carbocycles. The lowest BCUT2D eigenvalue weighted by atomic mass is 10.0.